The van der Waals surface area contributed by atoms with Crippen LogP contribution < -0.4 is 9.47 Å². The molecule has 0 spiro atoms. The van der Waals surface area contributed by atoms with E-state index in [1.54, 1.807) is 0 Å². The summed E-state index contributed by atoms with van der Waals surface area (Å²) in [5, 5.41) is 20.8. The van der Waals surface area contributed by atoms with Gasteiger partial charge in [0.15, 0.2) is 11.5 Å². The van der Waals surface area contributed by atoms with Crippen molar-refractivity contribution in [2.24, 2.45) is 0 Å². The minimum Gasteiger partial charge on any atom is -0.486 e. The van der Waals surface area contributed by atoms with Crippen LogP contribution in [0.2, 0.25) is 0 Å². The fourth-order valence-electron chi connectivity index (χ4n) is 1.60. The number of alkyl halides is 1. The van der Waals surface area contributed by atoms with Crippen LogP contribution in [-0.2, 0) is 0 Å². The largest absolute Gasteiger partial charge is 0.486 e. The fourth-order valence-corrected chi connectivity index (χ4v) is 1.95. The number of nitrogens with zero attached hydrogens (tertiary/aromatic N) is 1. The summed E-state index contributed by atoms with van der Waals surface area (Å²) in [6, 6.07) is 2.74. The maximum absolute atomic E-state index is 10.9. The lowest BCUT2D eigenvalue weighted by atomic mass is 10.1. The Morgan fingerprint density at radius 1 is 1.41 bits per heavy atom. The molecule has 0 aromatic heterocycles. The number of benzene rings is 1. The van der Waals surface area contributed by atoms with Crippen molar-refractivity contribution in [1.29, 1.82) is 0 Å². The van der Waals surface area contributed by atoms with Crippen molar-refractivity contribution in [3.63, 3.8) is 0 Å². The van der Waals surface area contributed by atoms with Gasteiger partial charge in [-0.05, 0) is 6.07 Å². The summed E-state index contributed by atoms with van der Waals surface area (Å²) in [6.07, 6.45) is -0.953. The smallest absolute Gasteiger partial charge is 0.279 e. The minimum absolute atomic E-state index is 0.166. The zero-order valence-corrected chi connectivity index (χ0v) is 10.3. The Morgan fingerprint density at radius 2 is 2.00 bits per heavy atom. The van der Waals surface area contributed by atoms with Crippen molar-refractivity contribution in [3.8, 4) is 11.5 Å². The molecule has 0 bridgehead atoms. The lowest BCUT2D eigenvalue weighted by molar-refractivity contribution is -0.386. The van der Waals surface area contributed by atoms with Gasteiger partial charge in [0.05, 0.1) is 22.7 Å². The van der Waals surface area contributed by atoms with Gasteiger partial charge in [0, 0.05) is 5.33 Å². The molecule has 1 atom stereocenters. The first kappa shape index (κ1) is 12.1. The second kappa shape index (κ2) is 4.89. The SMILES string of the molecule is O=[N+]([O-])c1cc2c(cc1C(O)CBr)OCCO2. The van der Waals surface area contributed by atoms with E-state index in [0.29, 0.717) is 24.7 Å². The molecule has 0 radical (unpaired) electrons. The van der Waals surface area contributed by atoms with Crippen LogP contribution in [0, 0.1) is 10.1 Å². The molecule has 1 aromatic rings. The highest BCUT2D eigenvalue weighted by atomic mass is 79.9. The van der Waals surface area contributed by atoms with Gasteiger partial charge in [-0.1, -0.05) is 15.9 Å². The Kier molecular flexibility index (Phi) is 3.49. The van der Waals surface area contributed by atoms with Gasteiger partial charge in [-0.15, -0.1) is 0 Å². The normalized spacial score (nSPS) is 15.4. The van der Waals surface area contributed by atoms with Crippen LogP contribution in [0.15, 0.2) is 12.1 Å². The number of nitro groups is 1. The number of rotatable bonds is 3. The second-order valence-electron chi connectivity index (χ2n) is 3.48. The topological polar surface area (TPSA) is 81.8 Å². The van der Waals surface area contributed by atoms with Crippen molar-refractivity contribution >= 4 is 21.6 Å². The molecule has 1 N–H and O–H groups in total. The van der Waals surface area contributed by atoms with Crippen LogP contribution in [-0.4, -0.2) is 28.6 Å². The summed E-state index contributed by atoms with van der Waals surface area (Å²) in [4.78, 5) is 10.4. The Labute approximate surface area is 105 Å². The molecular weight excluding hydrogens is 294 g/mol. The molecule has 17 heavy (non-hydrogen) atoms. The van der Waals surface area contributed by atoms with Crippen LogP contribution in [0.1, 0.15) is 11.7 Å². The second-order valence-corrected chi connectivity index (χ2v) is 4.13. The molecular formula is C10H10BrNO5. The standard InChI is InChI=1S/C10H10BrNO5/c11-5-8(13)6-3-9-10(17-2-1-16-9)4-7(6)12(14)15/h3-4,8,13H,1-2,5H2. The Balaban J connectivity index is 2.51. The summed E-state index contributed by atoms with van der Waals surface area (Å²) in [5.41, 5.74) is 0.0531. The first-order valence-corrected chi connectivity index (χ1v) is 6.07. The number of fused-ring (bicyclic) bond motifs is 1. The number of halogens is 1. The summed E-state index contributed by atoms with van der Waals surface area (Å²) >= 11 is 3.09. The molecule has 0 amide bonds. The number of aliphatic hydroxyl groups is 1. The van der Waals surface area contributed by atoms with Crippen LogP contribution in [0.5, 0.6) is 11.5 Å². The molecule has 1 aliphatic heterocycles. The highest BCUT2D eigenvalue weighted by Gasteiger charge is 2.25. The number of aliphatic hydroxyl groups excluding tert-OH is 1. The molecule has 0 saturated carbocycles. The Bertz CT molecular complexity index is 451. The van der Waals surface area contributed by atoms with Gasteiger partial charge in [-0.2, -0.15) is 0 Å². The Morgan fingerprint density at radius 3 is 2.53 bits per heavy atom. The molecule has 0 aliphatic carbocycles. The molecule has 1 aliphatic rings. The lowest BCUT2D eigenvalue weighted by Crippen LogP contribution is -2.16. The maximum Gasteiger partial charge on any atom is 0.279 e. The lowest BCUT2D eigenvalue weighted by Gasteiger charge is -2.19. The number of hydrogen-bond acceptors (Lipinski definition) is 5. The van der Waals surface area contributed by atoms with Crippen molar-refractivity contribution < 1.29 is 19.5 Å². The van der Waals surface area contributed by atoms with E-state index in [2.05, 4.69) is 15.9 Å². The summed E-state index contributed by atoms with van der Waals surface area (Å²) in [5.74, 6) is 0.769. The Hall–Kier alpha value is -1.34. The van der Waals surface area contributed by atoms with Crippen molar-refractivity contribution in [1.82, 2.24) is 0 Å². The molecule has 0 fully saturated rings. The first-order chi connectivity index (χ1) is 8.13. The number of hydrogen-bond donors (Lipinski definition) is 1. The minimum atomic E-state index is -0.953. The van der Waals surface area contributed by atoms with E-state index in [4.69, 9.17) is 9.47 Å². The molecule has 92 valence electrons. The first-order valence-electron chi connectivity index (χ1n) is 4.95. The van der Waals surface area contributed by atoms with Crippen LogP contribution in [0.4, 0.5) is 5.69 Å². The summed E-state index contributed by atoms with van der Waals surface area (Å²) in [6.45, 7) is 0.763. The van der Waals surface area contributed by atoms with Gasteiger partial charge in [0.2, 0.25) is 0 Å². The highest BCUT2D eigenvalue weighted by Crippen LogP contribution is 2.39. The molecule has 7 heteroatoms. The van der Waals surface area contributed by atoms with Crippen LogP contribution in [0.3, 0.4) is 0 Å². The zero-order chi connectivity index (χ0) is 12.4. The predicted molar refractivity (Wildman–Crippen MR) is 62.8 cm³/mol. The zero-order valence-electron chi connectivity index (χ0n) is 8.76. The van der Waals surface area contributed by atoms with Gasteiger partial charge in [0.1, 0.15) is 13.2 Å². The number of ether oxygens (including phenoxy) is 2. The highest BCUT2D eigenvalue weighted by molar-refractivity contribution is 9.09. The maximum atomic E-state index is 10.9. The van der Waals surface area contributed by atoms with Crippen LogP contribution in [0.25, 0.3) is 0 Å². The molecule has 0 saturated heterocycles. The van der Waals surface area contributed by atoms with E-state index < -0.39 is 11.0 Å². The van der Waals surface area contributed by atoms with Gasteiger partial charge < -0.3 is 14.6 Å². The van der Waals surface area contributed by atoms with Gasteiger partial charge in [0.25, 0.3) is 5.69 Å². The molecule has 6 nitrogen and oxygen atoms in total. The molecule has 1 unspecified atom stereocenters. The average molecular weight is 304 g/mol. The quantitative estimate of drug-likeness (QED) is 0.523. The van der Waals surface area contributed by atoms with Gasteiger partial charge >= 0.3 is 0 Å². The van der Waals surface area contributed by atoms with E-state index in [1.807, 2.05) is 0 Å². The summed E-state index contributed by atoms with van der Waals surface area (Å²) in [7, 11) is 0. The third-order valence-corrected chi connectivity index (χ3v) is 3.01. The van der Waals surface area contributed by atoms with Crippen molar-refractivity contribution in [3.05, 3.63) is 27.8 Å². The van der Waals surface area contributed by atoms with Crippen molar-refractivity contribution in [2.75, 3.05) is 18.5 Å². The monoisotopic (exact) mass is 303 g/mol. The average Bonchev–Trinajstić information content (AvgIpc) is 2.36. The third-order valence-electron chi connectivity index (χ3n) is 2.39. The summed E-state index contributed by atoms with van der Waals surface area (Å²) < 4.78 is 10.6. The molecule has 1 aromatic carbocycles. The number of nitro benzene ring substituents is 1. The third kappa shape index (κ3) is 2.34. The van der Waals surface area contributed by atoms with E-state index in [-0.39, 0.29) is 16.6 Å². The van der Waals surface area contributed by atoms with Crippen molar-refractivity contribution in [2.45, 2.75) is 6.10 Å². The van der Waals surface area contributed by atoms with Gasteiger partial charge in [-0.25, -0.2) is 0 Å². The van der Waals surface area contributed by atoms with Crippen LogP contribution >= 0.6 is 15.9 Å². The van der Waals surface area contributed by atoms with E-state index in [9.17, 15) is 15.2 Å². The van der Waals surface area contributed by atoms with E-state index >= 15 is 0 Å². The fraction of sp³-hybridized carbons (Fsp3) is 0.400. The van der Waals surface area contributed by atoms with E-state index in [1.165, 1.54) is 12.1 Å². The van der Waals surface area contributed by atoms with Gasteiger partial charge in [-0.3, -0.25) is 10.1 Å². The molecule has 2 rings (SSSR count). The predicted octanol–water partition coefficient (Wildman–Crippen LogP) is 1.79. The van der Waals surface area contributed by atoms with E-state index in [0.717, 1.165) is 0 Å². The molecule has 1 heterocycles.